The molecule has 0 fully saturated rings. The molecule has 1 heterocycles. The molecule has 2 nitrogen and oxygen atoms in total. The molecule has 0 radical (unpaired) electrons. The third-order valence-electron chi connectivity index (χ3n) is 1.97. The van der Waals surface area contributed by atoms with Crippen molar-refractivity contribution in [1.29, 1.82) is 0 Å². The van der Waals surface area contributed by atoms with Crippen molar-refractivity contribution in [3.05, 3.63) is 36.0 Å². The van der Waals surface area contributed by atoms with Gasteiger partial charge in [-0.1, -0.05) is 12.1 Å². The monoisotopic (exact) mass is 167 g/mol. The first-order valence-electron chi connectivity index (χ1n) is 3.82. The van der Waals surface area contributed by atoms with Crippen molar-refractivity contribution in [3.8, 4) is 5.75 Å². The average molecular weight is 167 g/mol. The first kappa shape index (κ1) is 10.1. The van der Waals surface area contributed by atoms with Crippen molar-refractivity contribution >= 4 is 10.9 Å². The first-order chi connectivity index (χ1) is 5.79. The Bertz CT molecular complexity index is 392. The maximum Gasteiger partial charge on any atom is 1.00 e. The molecule has 2 aromatic rings. The summed E-state index contributed by atoms with van der Waals surface area (Å²) in [5.74, 6) is 0.246. The largest absolute Gasteiger partial charge is 1.00 e. The number of phenolic OH excluding ortho intramolecular Hbond substituents is 1. The van der Waals surface area contributed by atoms with Gasteiger partial charge in [0.2, 0.25) is 0 Å². The van der Waals surface area contributed by atoms with Crippen LogP contribution in [-0.4, -0.2) is 10.1 Å². The zero-order valence-electron chi connectivity index (χ0n) is 8.78. The molecule has 0 saturated carbocycles. The SMILES string of the molecule is Cc1ccnc2c(O)cccc12.[H-].[Li+]. The van der Waals surface area contributed by atoms with Gasteiger partial charge in [-0.25, -0.2) is 0 Å². The van der Waals surface area contributed by atoms with E-state index < -0.39 is 0 Å². The number of fused-ring (bicyclic) bond motifs is 1. The molecule has 0 amide bonds. The summed E-state index contributed by atoms with van der Waals surface area (Å²) in [6.45, 7) is 2.00. The molecular formula is C10H10LiNO. The molecule has 0 saturated heterocycles. The quantitative estimate of drug-likeness (QED) is 0.530. The topological polar surface area (TPSA) is 33.1 Å². The molecule has 0 aliphatic heterocycles. The standard InChI is InChI=1S/C10H9NO.Li.H/c1-7-5-6-11-10-8(7)3-2-4-9(10)12;;/h2-6,12H,1H3;;/q;+1;-1. The van der Waals surface area contributed by atoms with Gasteiger partial charge in [-0.15, -0.1) is 0 Å². The summed E-state index contributed by atoms with van der Waals surface area (Å²) in [6.07, 6.45) is 1.71. The second kappa shape index (κ2) is 3.82. The number of aryl methyl sites for hydroxylation is 1. The molecule has 0 bridgehead atoms. The Morgan fingerprint density at radius 1 is 1.31 bits per heavy atom. The third kappa shape index (κ3) is 1.69. The van der Waals surface area contributed by atoms with Gasteiger partial charge >= 0.3 is 18.9 Å². The van der Waals surface area contributed by atoms with E-state index in [4.69, 9.17) is 0 Å². The molecule has 0 atom stereocenters. The number of aromatic hydroxyl groups is 1. The Morgan fingerprint density at radius 3 is 2.77 bits per heavy atom. The smallest absolute Gasteiger partial charge is 1.00 e. The minimum atomic E-state index is 0. The van der Waals surface area contributed by atoms with Crippen LogP contribution in [-0.2, 0) is 0 Å². The molecule has 0 aliphatic rings. The van der Waals surface area contributed by atoms with E-state index in [1.54, 1.807) is 12.3 Å². The zero-order valence-corrected chi connectivity index (χ0v) is 7.78. The summed E-state index contributed by atoms with van der Waals surface area (Å²) in [4.78, 5) is 4.09. The molecule has 1 aromatic heterocycles. The van der Waals surface area contributed by atoms with Crippen LogP contribution in [0.2, 0.25) is 0 Å². The van der Waals surface area contributed by atoms with E-state index in [1.807, 2.05) is 25.1 Å². The van der Waals surface area contributed by atoms with Crippen LogP contribution in [0.25, 0.3) is 10.9 Å². The molecule has 0 unspecified atom stereocenters. The number of phenols is 1. The van der Waals surface area contributed by atoms with Crippen LogP contribution in [0.5, 0.6) is 5.75 Å². The van der Waals surface area contributed by atoms with E-state index in [1.165, 1.54) is 0 Å². The van der Waals surface area contributed by atoms with E-state index in [9.17, 15) is 5.11 Å². The van der Waals surface area contributed by atoms with Crippen molar-refractivity contribution in [3.63, 3.8) is 0 Å². The Hall–Kier alpha value is -0.973. The van der Waals surface area contributed by atoms with Crippen molar-refractivity contribution < 1.29 is 25.4 Å². The number of rotatable bonds is 0. The number of para-hydroxylation sites is 1. The molecule has 3 heteroatoms. The summed E-state index contributed by atoms with van der Waals surface area (Å²) in [5.41, 5.74) is 1.81. The molecule has 62 valence electrons. The number of aromatic nitrogens is 1. The van der Waals surface area contributed by atoms with E-state index in [-0.39, 0.29) is 26.0 Å². The fourth-order valence-electron chi connectivity index (χ4n) is 1.30. The first-order valence-corrected chi connectivity index (χ1v) is 3.82. The summed E-state index contributed by atoms with van der Waals surface area (Å²) in [5, 5.41) is 10.4. The predicted octanol–water partition coefficient (Wildman–Crippen LogP) is -0.635. The van der Waals surface area contributed by atoms with Crippen molar-refractivity contribution in [2.24, 2.45) is 0 Å². The van der Waals surface area contributed by atoms with Crippen molar-refractivity contribution in [2.75, 3.05) is 0 Å². The summed E-state index contributed by atoms with van der Waals surface area (Å²) in [7, 11) is 0. The predicted molar refractivity (Wildman–Crippen MR) is 49.3 cm³/mol. The van der Waals surface area contributed by atoms with Gasteiger partial charge in [0.25, 0.3) is 0 Å². The van der Waals surface area contributed by atoms with E-state index in [0.29, 0.717) is 5.52 Å². The minimum Gasteiger partial charge on any atom is -1.00 e. The second-order valence-corrected chi connectivity index (χ2v) is 2.80. The second-order valence-electron chi connectivity index (χ2n) is 2.80. The fraction of sp³-hybridized carbons (Fsp3) is 0.100. The number of hydrogen-bond donors (Lipinski definition) is 1. The summed E-state index contributed by atoms with van der Waals surface area (Å²) >= 11 is 0. The van der Waals surface area contributed by atoms with Gasteiger partial charge in [-0.2, -0.15) is 0 Å². The van der Waals surface area contributed by atoms with E-state index in [0.717, 1.165) is 10.9 Å². The van der Waals surface area contributed by atoms with Gasteiger partial charge in [-0.3, -0.25) is 4.98 Å². The third-order valence-corrected chi connectivity index (χ3v) is 1.97. The Balaban J connectivity index is 0.000000845. The maximum atomic E-state index is 9.43. The van der Waals surface area contributed by atoms with Crippen LogP contribution < -0.4 is 18.9 Å². The maximum absolute atomic E-state index is 9.43. The van der Waals surface area contributed by atoms with Gasteiger partial charge in [0.05, 0.1) is 0 Å². The number of hydrogen-bond acceptors (Lipinski definition) is 2. The fourth-order valence-corrected chi connectivity index (χ4v) is 1.30. The van der Waals surface area contributed by atoms with Crippen LogP contribution in [0.3, 0.4) is 0 Å². The Labute approximate surface area is 90.3 Å². The minimum absolute atomic E-state index is 0. The molecule has 1 N–H and O–H groups in total. The van der Waals surface area contributed by atoms with Crippen LogP contribution >= 0.6 is 0 Å². The molecule has 2 rings (SSSR count). The number of nitrogens with zero attached hydrogens (tertiary/aromatic N) is 1. The number of benzene rings is 1. The molecule has 0 spiro atoms. The normalized spacial score (nSPS) is 9.62. The molecular weight excluding hydrogens is 157 g/mol. The van der Waals surface area contributed by atoms with Crippen LogP contribution in [0.4, 0.5) is 0 Å². The molecule has 1 aromatic carbocycles. The van der Waals surface area contributed by atoms with Gasteiger partial charge in [0.15, 0.2) is 0 Å². The van der Waals surface area contributed by atoms with Crippen LogP contribution in [0.15, 0.2) is 30.5 Å². The van der Waals surface area contributed by atoms with Gasteiger partial charge in [0, 0.05) is 11.6 Å². The van der Waals surface area contributed by atoms with Gasteiger partial charge in [0.1, 0.15) is 11.3 Å². The van der Waals surface area contributed by atoms with E-state index in [2.05, 4.69) is 4.98 Å². The summed E-state index contributed by atoms with van der Waals surface area (Å²) < 4.78 is 0. The summed E-state index contributed by atoms with van der Waals surface area (Å²) in [6, 6.07) is 7.36. The van der Waals surface area contributed by atoms with Crippen LogP contribution in [0, 0.1) is 6.92 Å². The zero-order chi connectivity index (χ0) is 8.55. The van der Waals surface area contributed by atoms with Crippen molar-refractivity contribution in [1.82, 2.24) is 4.98 Å². The van der Waals surface area contributed by atoms with Gasteiger partial charge < -0.3 is 6.53 Å². The van der Waals surface area contributed by atoms with E-state index >= 15 is 0 Å². The van der Waals surface area contributed by atoms with Gasteiger partial charge in [-0.05, 0) is 24.6 Å². The average Bonchev–Trinajstić information content (AvgIpc) is 2.07. The molecule has 13 heavy (non-hydrogen) atoms. The Kier molecular flexibility index (Phi) is 2.97. The Morgan fingerprint density at radius 2 is 2.08 bits per heavy atom. The van der Waals surface area contributed by atoms with Crippen LogP contribution in [0.1, 0.15) is 6.99 Å². The van der Waals surface area contributed by atoms with Crippen molar-refractivity contribution in [2.45, 2.75) is 6.92 Å². The molecule has 0 aliphatic carbocycles. The number of pyridine rings is 1.